The van der Waals surface area contributed by atoms with Crippen molar-refractivity contribution in [3.05, 3.63) is 169 Å². The van der Waals surface area contributed by atoms with Gasteiger partial charge in [-0.25, -0.2) is 0 Å². The van der Waals surface area contributed by atoms with Gasteiger partial charge in [0, 0.05) is 34.1 Å². The van der Waals surface area contributed by atoms with E-state index in [0.29, 0.717) is 17.8 Å². The normalized spacial score (nSPS) is 12.7. The van der Waals surface area contributed by atoms with Crippen molar-refractivity contribution >= 4 is 55.7 Å². The van der Waals surface area contributed by atoms with Crippen LogP contribution in [0.4, 0.5) is 34.1 Å². The molecule has 2 heteroatoms. The molecule has 7 rings (SSSR count). The molecule has 2 nitrogen and oxygen atoms in total. The van der Waals surface area contributed by atoms with E-state index in [1.807, 2.05) is 0 Å². The molecule has 48 heavy (non-hydrogen) atoms. The van der Waals surface area contributed by atoms with Crippen LogP contribution < -0.4 is 9.80 Å². The van der Waals surface area contributed by atoms with Gasteiger partial charge in [-0.3, -0.25) is 0 Å². The molecule has 0 aliphatic rings. The van der Waals surface area contributed by atoms with Crippen molar-refractivity contribution in [3.8, 4) is 0 Å². The van der Waals surface area contributed by atoms with Gasteiger partial charge in [0.25, 0.3) is 0 Å². The van der Waals surface area contributed by atoms with E-state index in [-0.39, 0.29) is 0 Å². The van der Waals surface area contributed by atoms with E-state index < -0.39 is 0 Å². The predicted octanol–water partition coefficient (Wildman–Crippen LogP) is 13.7. The quantitative estimate of drug-likeness (QED) is 0.149. The summed E-state index contributed by atoms with van der Waals surface area (Å²) >= 11 is 0. The third kappa shape index (κ3) is 6.31. The van der Waals surface area contributed by atoms with Crippen LogP contribution >= 0.6 is 0 Å². The molecule has 7 aromatic carbocycles. The van der Waals surface area contributed by atoms with Crippen molar-refractivity contribution in [1.29, 1.82) is 0 Å². The smallest absolute Gasteiger partial charge is 0.0468 e. The zero-order valence-electron chi connectivity index (χ0n) is 28.4. The minimum absolute atomic E-state index is 0.546. The molecule has 2 atom stereocenters. The Morgan fingerprint density at radius 1 is 0.396 bits per heavy atom. The number of hydrogen-bond donors (Lipinski definition) is 0. The fourth-order valence-electron chi connectivity index (χ4n) is 7.32. The fourth-order valence-corrected chi connectivity index (χ4v) is 7.32. The Bertz CT molecular complexity index is 2030. The number of fused-ring (bicyclic) bond motifs is 2. The molecular weight excluding hydrogens is 581 g/mol. The molecule has 2 unspecified atom stereocenters. The van der Waals surface area contributed by atoms with Crippen molar-refractivity contribution in [2.24, 2.45) is 11.8 Å². The maximum absolute atomic E-state index is 2.38. The molecule has 0 spiro atoms. The predicted molar refractivity (Wildman–Crippen MR) is 208 cm³/mol. The van der Waals surface area contributed by atoms with E-state index in [1.54, 1.807) is 0 Å². The molecule has 0 aromatic heterocycles. The third-order valence-electron chi connectivity index (χ3n) is 9.87. The minimum Gasteiger partial charge on any atom is -0.311 e. The van der Waals surface area contributed by atoms with Crippen LogP contribution in [-0.2, 0) is 0 Å². The fraction of sp³-hybridized carbons (Fsp3) is 0.174. The largest absolute Gasteiger partial charge is 0.311 e. The van der Waals surface area contributed by atoms with Crippen molar-refractivity contribution in [3.63, 3.8) is 0 Å². The van der Waals surface area contributed by atoms with Gasteiger partial charge in [-0.1, -0.05) is 125 Å². The Labute approximate surface area is 285 Å². The van der Waals surface area contributed by atoms with E-state index in [2.05, 4.69) is 201 Å². The topological polar surface area (TPSA) is 6.48 Å². The summed E-state index contributed by atoms with van der Waals surface area (Å²) in [5.41, 5.74) is 8.22. The highest BCUT2D eigenvalue weighted by molar-refractivity contribution is 5.92. The van der Waals surface area contributed by atoms with Crippen molar-refractivity contribution in [1.82, 2.24) is 0 Å². The van der Waals surface area contributed by atoms with Gasteiger partial charge in [-0.15, -0.1) is 0 Å². The van der Waals surface area contributed by atoms with E-state index in [9.17, 15) is 0 Å². The summed E-state index contributed by atoms with van der Waals surface area (Å²) in [6, 6.07) is 59.6. The zero-order chi connectivity index (χ0) is 33.0. The molecule has 0 aliphatic carbocycles. The Kier molecular flexibility index (Phi) is 8.99. The van der Waals surface area contributed by atoms with E-state index >= 15 is 0 Å². The van der Waals surface area contributed by atoms with Crippen LogP contribution in [0.15, 0.2) is 164 Å². The lowest BCUT2D eigenvalue weighted by Gasteiger charge is -2.30. The van der Waals surface area contributed by atoms with Gasteiger partial charge in [0.2, 0.25) is 0 Å². The highest BCUT2D eigenvalue weighted by Gasteiger charge is 2.22. The average Bonchev–Trinajstić information content (AvgIpc) is 3.13. The van der Waals surface area contributed by atoms with Gasteiger partial charge >= 0.3 is 0 Å². The molecule has 0 saturated heterocycles. The van der Waals surface area contributed by atoms with Crippen LogP contribution in [0, 0.1) is 11.8 Å². The monoisotopic (exact) mass is 624 g/mol. The summed E-state index contributed by atoms with van der Waals surface area (Å²) in [7, 11) is 0. The lowest BCUT2D eigenvalue weighted by Crippen LogP contribution is -2.16. The summed E-state index contributed by atoms with van der Waals surface area (Å²) < 4.78 is 0. The molecule has 0 radical (unpaired) electrons. The van der Waals surface area contributed by atoms with Gasteiger partial charge in [0.05, 0.1) is 0 Å². The molecule has 238 valence electrons. The van der Waals surface area contributed by atoms with Crippen LogP contribution in [0.3, 0.4) is 0 Å². The number of rotatable bonds is 10. The second kappa shape index (κ2) is 13.8. The minimum atomic E-state index is 0.546. The number of anilines is 6. The molecule has 0 N–H and O–H groups in total. The van der Waals surface area contributed by atoms with Crippen LogP contribution in [0.1, 0.15) is 45.6 Å². The summed E-state index contributed by atoms with van der Waals surface area (Å²) in [6.07, 6.45) is 1.18. The summed E-state index contributed by atoms with van der Waals surface area (Å²) in [5, 5.41) is 4.93. The molecule has 0 heterocycles. The van der Waals surface area contributed by atoms with Gasteiger partial charge in [0.15, 0.2) is 0 Å². The van der Waals surface area contributed by atoms with Crippen LogP contribution in [0.25, 0.3) is 21.5 Å². The second-order valence-corrected chi connectivity index (χ2v) is 13.3. The lowest BCUT2D eigenvalue weighted by molar-refractivity contribution is 0.356. The van der Waals surface area contributed by atoms with Gasteiger partial charge in [0.1, 0.15) is 0 Å². The summed E-state index contributed by atoms with van der Waals surface area (Å²) in [4.78, 5) is 4.73. The first-order valence-electron chi connectivity index (χ1n) is 17.3. The molecule has 0 bridgehead atoms. The average molecular weight is 625 g/mol. The van der Waals surface area contributed by atoms with Crippen LogP contribution in [0.5, 0.6) is 0 Å². The van der Waals surface area contributed by atoms with Crippen LogP contribution in [0.2, 0.25) is 0 Å². The van der Waals surface area contributed by atoms with Gasteiger partial charge in [-0.2, -0.15) is 0 Å². The number of hydrogen-bond acceptors (Lipinski definition) is 2. The molecule has 0 aliphatic heterocycles. The van der Waals surface area contributed by atoms with Gasteiger partial charge < -0.3 is 9.80 Å². The SMILES string of the molecule is CCC(C)C(c1ccc(N(c2ccccc2)c2ccc(N(c3ccc4ccccc4c3)c3ccc4ccccc4c3)cc2)cc1)C(C)C. The number of para-hydroxylation sites is 1. The lowest BCUT2D eigenvalue weighted by atomic mass is 9.78. The summed E-state index contributed by atoms with van der Waals surface area (Å²) in [5.74, 6) is 1.78. The summed E-state index contributed by atoms with van der Waals surface area (Å²) in [6.45, 7) is 9.38. The standard InChI is InChI=1S/C46H44N2/c1-5-34(4)46(33(2)3)37-21-23-41(24-22-37)47(40-17-7-6-8-18-40)42-27-29-43(30-28-42)48(44-25-19-35-13-9-11-15-38(35)31-44)45-26-20-36-14-10-12-16-39(36)32-45/h6-34,46H,5H2,1-4H3. The van der Waals surface area contributed by atoms with E-state index in [1.165, 1.54) is 33.5 Å². The molecule has 0 fully saturated rings. The molecule has 7 aromatic rings. The highest BCUT2D eigenvalue weighted by Crippen LogP contribution is 2.41. The van der Waals surface area contributed by atoms with Crippen molar-refractivity contribution in [2.45, 2.75) is 40.0 Å². The van der Waals surface area contributed by atoms with E-state index in [4.69, 9.17) is 0 Å². The maximum atomic E-state index is 2.38. The Morgan fingerprint density at radius 2 is 0.771 bits per heavy atom. The molecule has 0 saturated carbocycles. The van der Waals surface area contributed by atoms with Gasteiger partial charge in [-0.05, 0) is 118 Å². The Balaban J connectivity index is 1.30. The third-order valence-corrected chi connectivity index (χ3v) is 9.87. The number of nitrogens with zero attached hydrogens (tertiary/aromatic N) is 2. The molecule has 0 amide bonds. The number of benzene rings is 7. The van der Waals surface area contributed by atoms with Crippen LogP contribution in [-0.4, -0.2) is 0 Å². The first kappa shape index (κ1) is 31.3. The Hall–Kier alpha value is -5.34. The first-order valence-corrected chi connectivity index (χ1v) is 17.3. The zero-order valence-corrected chi connectivity index (χ0v) is 28.4. The molecular formula is C46H44N2. The van der Waals surface area contributed by atoms with E-state index in [0.717, 1.165) is 34.1 Å². The van der Waals surface area contributed by atoms with Crippen molar-refractivity contribution in [2.75, 3.05) is 9.80 Å². The maximum Gasteiger partial charge on any atom is 0.0468 e. The van der Waals surface area contributed by atoms with Crippen molar-refractivity contribution < 1.29 is 0 Å². The Morgan fingerprint density at radius 3 is 1.23 bits per heavy atom. The second-order valence-electron chi connectivity index (χ2n) is 13.3. The first-order chi connectivity index (χ1) is 23.5. The highest BCUT2D eigenvalue weighted by atomic mass is 15.2.